The van der Waals surface area contributed by atoms with Gasteiger partial charge in [-0.25, -0.2) is 0 Å². The first-order valence-electron chi connectivity index (χ1n) is 29.1. The average molecular weight is 981 g/mol. The molecule has 69 heavy (non-hydrogen) atoms. The van der Waals surface area contributed by atoms with Crippen LogP contribution in [0, 0.1) is 0 Å². The van der Waals surface area contributed by atoms with Gasteiger partial charge in [-0.05, 0) is 44.9 Å². The number of esters is 1. The van der Waals surface area contributed by atoms with Gasteiger partial charge in [0.25, 0.3) is 0 Å². The predicted molar refractivity (Wildman–Crippen MR) is 283 cm³/mol. The van der Waals surface area contributed by atoms with Crippen molar-refractivity contribution < 1.29 is 49.3 Å². The number of ether oxygens (including phenoxy) is 3. The van der Waals surface area contributed by atoms with Crippen molar-refractivity contribution in [3.8, 4) is 0 Å². The van der Waals surface area contributed by atoms with Crippen LogP contribution < -0.4 is 5.32 Å². The summed E-state index contributed by atoms with van der Waals surface area (Å²) in [7, 11) is 0. The van der Waals surface area contributed by atoms with E-state index in [9.17, 15) is 35.1 Å². The summed E-state index contributed by atoms with van der Waals surface area (Å²) >= 11 is 0. The molecule has 0 aliphatic carbocycles. The molecule has 11 nitrogen and oxygen atoms in total. The van der Waals surface area contributed by atoms with Gasteiger partial charge < -0.3 is 45.1 Å². The molecule has 1 rings (SSSR count). The van der Waals surface area contributed by atoms with Crippen LogP contribution in [0.5, 0.6) is 0 Å². The van der Waals surface area contributed by atoms with E-state index in [4.69, 9.17) is 14.2 Å². The first kappa shape index (κ1) is 65.2. The Morgan fingerprint density at radius 3 is 1.45 bits per heavy atom. The molecule has 1 amide bonds. The molecule has 1 fully saturated rings. The van der Waals surface area contributed by atoms with Crippen LogP contribution in [0.25, 0.3) is 0 Å². The van der Waals surface area contributed by atoms with Crippen molar-refractivity contribution in [2.45, 2.75) is 320 Å². The molecule has 8 unspecified atom stereocenters. The van der Waals surface area contributed by atoms with Crippen LogP contribution in [-0.2, 0) is 23.8 Å². The number of allylic oxidation sites excluding steroid dienone is 3. The Hall–Kier alpha value is -1.86. The van der Waals surface area contributed by atoms with Crippen LogP contribution in [0.2, 0.25) is 0 Å². The molecule has 1 aliphatic heterocycles. The van der Waals surface area contributed by atoms with Gasteiger partial charge in [0.05, 0.1) is 25.4 Å². The maximum absolute atomic E-state index is 13.4. The fourth-order valence-corrected chi connectivity index (χ4v) is 9.16. The molecule has 0 aromatic heterocycles. The molecule has 8 atom stereocenters. The van der Waals surface area contributed by atoms with E-state index in [1.54, 1.807) is 6.08 Å². The van der Waals surface area contributed by atoms with Crippen LogP contribution in [0.4, 0.5) is 0 Å². The van der Waals surface area contributed by atoms with E-state index in [0.717, 1.165) is 77.0 Å². The number of unbranched alkanes of at least 4 members (excludes halogenated alkanes) is 33. The third-order valence-corrected chi connectivity index (χ3v) is 13.9. The van der Waals surface area contributed by atoms with Gasteiger partial charge in [0.15, 0.2) is 12.4 Å². The highest BCUT2D eigenvalue weighted by molar-refractivity contribution is 5.80. The molecule has 1 saturated heterocycles. The summed E-state index contributed by atoms with van der Waals surface area (Å²) in [4.78, 5) is 26.4. The zero-order valence-electron chi connectivity index (χ0n) is 44.7. The Balaban J connectivity index is 2.68. The number of aliphatic hydroxyl groups is 5. The average Bonchev–Trinajstić information content (AvgIpc) is 3.34. The van der Waals surface area contributed by atoms with E-state index >= 15 is 0 Å². The van der Waals surface area contributed by atoms with Crippen molar-refractivity contribution >= 4 is 11.9 Å². The Morgan fingerprint density at radius 2 is 0.971 bits per heavy atom. The molecule has 11 heteroatoms. The van der Waals surface area contributed by atoms with Crippen molar-refractivity contribution in [2.75, 3.05) is 13.2 Å². The van der Waals surface area contributed by atoms with Crippen molar-refractivity contribution in [1.29, 1.82) is 0 Å². The first-order chi connectivity index (χ1) is 33.7. The number of amides is 1. The molecular weight excluding hydrogens is 871 g/mol. The number of nitrogens with one attached hydrogen (secondary N) is 1. The molecule has 0 spiro atoms. The van der Waals surface area contributed by atoms with Crippen LogP contribution >= 0.6 is 0 Å². The van der Waals surface area contributed by atoms with E-state index in [1.165, 1.54) is 148 Å². The highest BCUT2D eigenvalue weighted by Gasteiger charge is 2.47. The van der Waals surface area contributed by atoms with Gasteiger partial charge in [0.1, 0.15) is 24.4 Å². The Morgan fingerprint density at radius 1 is 0.551 bits per heavy atom. The highest BCUT2D eigenvalue weighted by atomic mass is 16.7. The van der Waals surface area contributed by atoms with Crippen LogP contribution in [0.1, 0.15) is 271 Å². The van der Waals surface area contributed by atoms with E-state index in [0.29, 0.717) is 19.3 Å². The molecule has 0 bridgehead atoms. The summed E-state index contributed by atoms with van der Waals surface area (Å²) in [6.45, 7) is 5.74. The molecular formula is C58H109NO10. The third-order valence-electron chi connectivity index (χ3n) is 13.9. The smallest absolute Gasteiger partial charge is 0.306 e. The van der Waals surface area contributed by atoms with Gasteiger partial charge in [-0.1, -0.05) is 244 Å². The quantitative estimate of drug-likeness (QED) is 0.0196. The lowest BCUT2D eigenvalue weighted by Crippen LogP contribution is -2.61. The molecule has 0 saturated carbocycles. The third kappa shape index (κ3) is 35.8. The second-order valence-electron chi connectivity index (χ2n) is 20.4. The Kier molecular flexibility index (Phi) is 44.5. The fourth-order valence-electron chi connectivity index (χ4n) is 9.16. The molecule has 0 aromatic rings. The van der Waals surface area contributed by atoms with Gasteiger partial charge in [-0.2, -0.15) is 0 Å². The largest absolute Gasteiger partial charge is 0.454 e. The van der Waals surface area contributed by atoms with Crippen molar-refractivity contribution in [1.82, 2.24) is 5.32 Å². The fraction of sp³-hybridized carbons (Fsp3) is 0.897. The van der Waals surface area contributed by atoms with E-state index in [1.807, 2.05) is 6.08 Å². The number of rotatable bonds is 49. The highest BCUT2D eigenvalue weighted by Crippen LogP contribution is 2.26. The zero-order chi connectivity index (χ0) is 50.4. The van der Waals surface area contributed by atoms with Crippen LogP contribution in [-0.4, -0.2) is 99.6 Å². The van der Waals surface area contributed by atoms with Gasteiger partial charge in [-0.15, -0.1) is 0 Å². The van der Waals surface area contributed by atoms with Gasteiger partial charge in [-0.3, -0.25) is 9.59 Å². The van der Waals surface area contributed by atoms with Gasteiger partial charge in [0.2, 0.25) is 5.91 Å². The molecule has 1 aliphatic rings. The zero-order valence-corrected chi connectivity index (χ0v) is 44.7. The topological polar surface area (TPSA) is 175 Å². The summed E-state index contributed by atoms with van der Waals surface area (Å²) in [6, 6.07) is -1.02. The van der Waals surface area contributed by atoms with Crippen molar-refractivity contribution in [3.05, 3.63) is 24.3 Å². The van der Waals surface area contributed by atoms with E-state index < -0.39 is 67.4 Å². The summed E-state index contributed by atoms with van der Waals surface area (Å²) in [5.74, 6) is -1.20. The summed E-state index contributed by atoms with van der Waals surface area (Å²) in [5.41, 5.74) is 0. The number of hydrogen-bond acceptors (Lipinski definition) is 10. The lowest BCUT2D eigenvalue weighted by Gasteiger charge is -2.41. The standard InChI is InChI=1S/C58H109NO10/c1-4-7-10-13-16-19-22-23-24-25-26-27-28-31-33-36-39-42-45-51(62)57(66)59-49(50(61)44-41-38-35-32-29-20-17-14-11-8-5-2)48-67-58-56(55(65)54(64)52(47-60)68-58)69-53(63)46-43-40-37-34-30-21-18-15-12-9-6-3/h15,18,41,44,49-52,54-56,58,60-62,64-65H,4-14,16-17,19-40,42-43,45-48H2,1-3H3,(H,59,66)/b18-15-,44-41+. The number of aliphatic hydroxyl groups excluding tert-OH is 5. The molecule has 1 heterocycles. The van der Waals surface area contributed by atoms with E-state index in [2.05, 4.69) is 38.2 Å². The lowest BCUT2D eigenvalue weighted by molar-refractivity contribution is -0.305. The first-order valence-corrected chi connectivity index (χ1v) is 29.1. The van der Waals surface area contributed by atoms with Crippen LogP contribution in [0.3, 0.4) is 0 Å². The van der Waals surface area contributed by atoms with Crippen molar-refractivity contribution in [2.24, 2.45) is 0 Å². The second kappa shape index (κ2) is 47.2. The Labute approximate surface area is 422 Å². The molecule has 406 valence electrons. The summed E-state index contributed by atoms with van der Waals surface area (Å²) in [6.07, 6.45) is 42.3. The minimum atomic E-state index is -1.61. The van der Waals surface area contributed by atoms with Crippen LogP contribution in [0.15, 0.2) is 24.3 Å². The molecule has 6 N–H and O–H groups in total. The Bertz CT molecular complexity index is 1220. The van der Waals surface area contributed by atoms with Gasteiger partial charge in [0, 0.05) is 6.42 Å². The maximum Gasteiger partial charge on any atom is 0.306 e. The minimum absolute atomic E-state index is 0.116. The molecule has 0 radical (unpaired) electrons. The lowest BCUT2D eigenvalue weighted by atomic mass is 9.99. The summed E-state index contributed by atoms with van der Waals surface area (Å²) < 4.78 is 17.5. The molecule has 0 aromatic carbocycles. The SMILES string of the molecule is CCCC/C=C\CCCCCCCC(=O)OC1C(OCC(NC(=O)C(O)CCCCCCCCCCCCCCCCCCCC)C(O)/C=C/CCCCCCCCCCC)OC(CO)C(O)C1O. The van der Waals surface area contributed by atoms with Crippen molar-refractivity contribution in [3.63, 3.8) is 0 Å². The summed E-state index contributed by atoms with van der Waals surface area (Å²) in [5, 5.41) is 56.7. The number of carbonyl (C=O) groups excluding carboxylic acids is 2. The minimum Gasteiger partial charge on any atom is -0.454 e. The monoisotopic (exact) mass is 980 g/mol. The van der Waals surface area contributed by atoms with Gasteiger partial charge >= 0.3 is 5.97 Å². The normalized spacial score (nSPS) is 19.9. The number of carbonyl (C=O) groups is 2. The van der Waals surface area contributed by atoms with E-state index in [-0.39, 0.29) is 13.0 Å². The predicted octanol–water partition coefficient (Wildman–Crippen LogP) is 12.9. The number of hydrogen-bond donors (Lipinski definition) is 6. The second-order valence-corrected chi connectivity index (χ2v) is 20.4. The maximum atomic E-state index is 13.4.